The van der Waals surface area contributed by atoms with Crippen molar-refractivity contribution in [3.63, 3.8) is 0 Å². The third-order valence-corrected chi connectivity index (χ3v) is 5.68. The van der Waals surface area contributed by atoms with Crippen LogP contribution in [0, 0.1) is 18.6 Å². The molecule has 0 radical (unpaired) electrons. The Kier molecular flexibility index (Phi) is 5.62. The van der Waals surface area contributed by atoms with Gasteiger partial charge in [0.15, 0.2) is 10.6 Å². The number of rotatable bonds is 7. The third-order valence-electron chi connectivity index (χ3n) is 5.37. The van der Waals surface area contributed by atoms with Gasteiger partial charge in [-0.05, 0) is 50.5 Å². The van der Waals surface area contributed by atoms with E-state index in [-0.39, 0.29) is 5.91 Å². The molecular weight excluding hydrogens is 380 g/mol. The van der Waals surface area contributed by atoms with Crippen LogP contribution < -0.4 is 0 Å². The first-order chi connectivity index (χ1) is 14.0. The monoisotopic (exact) mass is 406 g/mol. The lowest BCUT2D eigenvalue weighted by atomic mass is 10.1. The molecule has 1 fully saturated rings. The second-order valence-electron chi connectivity index (χ2n) is 7.86. The van der Waals surface area contributed by atoms with Gasteiger partial charge in [-0.15, -0.1) is 0 Å². The van der Waals surface area contributed by atoms with Crippen LogP contribution in [0.4, 0.5) is 0 Å². The Morgan fingerprint density at radius 3 is 2.62 bits per heavy atom. The van der Waals surface area contributed by atoms with Crippen LogP contribution in [-0.2, 0) is 17.9 Å². The van der Waals surface area contributed by atoms with E-state index in [0.29, 0.717) is 30.3 Å². The fourth-order valence-electron chi connectivity index (χ4n) is 3.58. The predicted octanol–water partition coefficient (Wildman–Crippen LogP) is 4.81. The largest absolute Gasteiger partial charge is 0.335 e. The van der Waals surface area contributed by atoms with Gasteiger partial charge in [0.2, 0.25) is 5.91 Å². The number of amides is 1. The molecule has 0 bridgehead atoms. The summed E-state index contributed by atoms with van der Waals surface area (Å²) < 4.78 is 2.48. The van der Waals surface area contributed by atoms with Crippen LogP contribution in [0.1, 0.15) is 36.0 Å². The van der Waals surface area contributed by atoms with Gasteiger partial charge in [-0.2, -0.15) is 5.10 Å². The third kappa shape index (κ3) is 4.65. The first-order valence-corrected chi connectivity index (χ1v) is 10.5. The molecule has 29 heavy (non-hydrogen) atoms. The zero-order valence-electron chi connectivity index (χ0n) is 16.9. The van der Waals surface area contributed by atoms with Crippen LogP contribution in [0.3, 0.4) is 0 Å². The van der Waals surface area contributed by atoms with Gasteiger partial charge in [-0.25, -0.2) is 0 Å². The maximum atomic E-state index is 13.1. The first-order valence-electron chi connectivity index (χ1n) is 10.1. The molecule has 4 rings (SSSR count). The highest BCUT2D eigenvalue weighted by molar-refractivity contribution is 7.71. The molecule has 1 amide bonds. The van der Waals surface area contributed by atoms with E-state index in [4.69, 9.17) is 12.2 Å². The summed E-state index contributed by atoms with van der Waals surface area (Å²) in [5.41, 5.74) is 4.58. The van der Waals surface area contributed by atoms with E-state index >= 15 is 0 Å². The Bertz CT molecular complexity index is 1060. The highest BCUT2D eigenvalue weighted by Crippen LogP contribution is 2.29. The van der Waals surface area contributed by atoms with Crippen molar-refractivity contribution in [2.45, 2.75) is 52.2 Å². The Morgan fingerprint density at radius 2 is 1.93 bits per heavy atom. The predicted molar refractivity (Wildman–Crippen MR) is 117 cm³/mol. The normalized spacial score (nSPS) is 13.4. The maximum absolute atomic E-state index is 13.1. The van der Waals surface area contributed by atoms with Crippen LogP contribution in [0.25, 0.3) is 11.4 Å². The number of aryl methyl sites for hydroxylation is 2. The molecule has 0 unspecified atom stereocenters. The van der Waals surface area contributed by atoms with Crippen molar-refractivity contribution in [2.75, 3.05) is 0 Å². The summed E-state index contributed by atoms with van der Waals surface area (Å²) in [5.74, 6) is 0.953. The van der Waals surface area contributed by atoms with Crippen molar-refractivity contribution >= 4 is 18.1 Å². The van der Waals surface area contributed by atoms with E-state index in [0.717, 1.165) is 29.8 Å². The van der Waals surface area contributed by atoms with Gasteiger partial charge >= 0.3 is 0 Å². The summed E-state index contributed by atoms with van der Waals surface area (Å²) in [7, 11) is 0. The summed E-state index contributed by atoms with van der Waals surface area (Å²) in [6.07, 6.45) is 2.60. The lowest BCUT2D eigenvalue weighted by molar-refractivity contribution is -0.132. The molecule has 6 heteroatoms. The molecule has 3 aromatic rings. The number of nitrogens with zero attached hydrogens (tertiary/aromatic N) is 3. The van der Waals surface area contributed by atoms with E-state index in [1.54, 1.807) is 0 Å². The minimum Gasteiger partial charge on any atom is -0.335 e. The highest BCUT2D eigenvalue weighted by Gasteiger charge is 2.32. The van der Waals surface area contributed by atoms with Crippen molar-refractivity contribution in [2.24, 2.45) is 0 Å². The van der Waals surface area contributed by atoms with Crippen molar-refractivity contribution in [3.05, 3.63) is 70.0 Å². The molecule has 0 spiro atoms. The second kappa shape index (κ2) is 8.33. The van der Waals surface area contributed by atoms with Gasteiger partial charge in [0.05, 0.1) is 0 Å². The number of aromatic nitrogens is 3. The van der Waals surface area contributed by atoms with E-state index in [9.17, 15) is 4.79 Å². The summed E-state index contributed by atoms with van der Waals surface area (Å²) in [6.45, 7) is 5.32. The second-order valence-corrected chi connectivity index (χ2v) is 8.25. The Hall–Kier alpha value is -2.73. The molecule has 1 N–H and O–H groups in total. The number of hydrogen-bond acceptors (Lipinski definition) is 3. The Labute approximate surface area is 176 Å². The SMILES string of the molecule is Cc1ccc(CN(C(=O)CCn2c(-c3cccc(C)c3)n[nH]c2=S)C2CC2)cc1. The smallest absolute Gasteiger partial charge is 0.224 e. The fraction of sp³-hybridized carbons (Fsp3) is 0.348. The molecule has 5 nitrogen and oxygen atoms in total. The molecule has 2 aromatic carbocycles. The van der Waals surface area contributed by atoms with Crippen molar-refractivity contribution in [3.8, 4) is 11.4 Å². The maximum Gasteiger partial charge on any atom is 0.224 e. The van der Waals surface area contributed by atoms with Gasteiger partial charge in [0.1, 0.15) is 0 Å². The van der Waals surface area contributed by atoms with Gasteiger partial charge in [-0.1, -0.05) is 53.6 Å². The number of nitrogens with one attached hydrogen (secondary N) is 1. The quantitative estimate of drug-likeness (QED) is 0.573. The van der Waals surface area contributed by atoms with E-state index in [1.807, 2.05) is 21.6 Å². The van der Waals surface area contributed by atoms with Crippen LogP contribution in [-0.4, -0.2) is 31.6 Å². The van der Waals surface area contributed by atoms with Crippen LogP contribution in [0.2, 0.25) is 0 Å². The fourth-order valence-corrected chi connectivity index (χ4v) is 3.80. The van der Waals surface area contributed by atoms with Gasteiger partial charge < -0.3 is 4.90 Å². The van der Waals surface area contributed by atoms with Crippen LogP contribution in [0.15, 0.2) is 48.5 Å². The lowest BCUT2D eigenvalue weighted by Gasteiger charge is -2.23. The topological polar surface area (TPSA) is 53.9 Å². The number of carbonyl (C=O) groups is 1. The minimum absolute atomic E-state index is 0.173. The van der Waals surface area contributed by atoms with E-state index < -0.39 is 0 Å². The molecule has 0 atom stereocenters. The lowest BCUT2D eigenvalue weighted by Crippen LogP contribution is -2.33. The number of H-pyrrole nitrogens is 1. The average Bonchev–Trinajstić information content (AvgIpc) is 3.48. The molecule has 1 aliphatic rings. The summed E-state index contributed by atoms with van der Waals surface area (Å²) >= 11 is 5.42. The molecule has 150 valence electrons. The van der Waals surface area contributed by atoms with Gasteiger partial charge in [0, 0.05) is 31.1 Å². The van der Waals surface area contributed by atoms with E-state index in [1.165, 1.54) is 11.1 Å². The number of hydrogen-bond donors (Lipinski definition) is 1. The van der Waals surface area contributed by atoms with Crippen molar-refractivity contribution in [1.82, 2.24) is 19.7 Å². The molecule has 1 aliphatic carbocycles. The van der Waals surface area contributed by atoms with Crippen molar-refractivity contribution in [1.29, 1.82) is 0 Å². The Balaban J connectivity index is 1.48. The molecule has 1 heterocycles. The van der Waals surface area contributed by atoms with Crippen LogP contribution in [0.5, 0.6) is 0 Å². The molecule has 1 saturated carbocycles. The van der Waals surface area contributed by atoms with Gasteiger partial charge in [0.25, 0.3) is 0 Å². The number of benzene rings is 2. The number of carbonyl (C=O) groups excluding carboxylic acids is 1. The molecule has 0 aliphatic heterocycles. The highest BCUT2D eigenvalue weighted by atomic mass is 32.1. The molecule has 0 saturated heterocycles. The van der Waals surface area contributed by atoms with Gasteiger partial charge in [-0.3, -0.25) is 14.5 Å². The van der Waals surface area contributed by atoms with Crippen LogP contribution >= 0.6 is 12.2 Å². The zero-order chi connectivity index (χ0) is 20.4. The standard InChI is InChI=1S/C23H26N4OS/c1-16-6-8-18(9-7-16)15-27(20-10-11-20)21(28)12-13-26-22(24-25-23(26)29)19-5-3-4-17(2)14-19/h3-9,14,20H,10-13,15H2,1-2H3,(H,25,29). The summed E-state index contributed by atoms with van der Waals surface area (Å²) in [6, 6.07) is 17.0. The van der Waals surface area contributed by atoms with E-state index in [2.05, 4.69) is 60.4 Å². The average molecular weight is 407 g/mol. The summed E-state index contributed by atoms with van der Waals surface area (Å²) in [4.78, 5) is 15.1. The minimum atomic E-state index is 0.173. The molecular formula is C23H26N4OS. The molecule has 1 aromatic heterocycles. The first kappa shape index (κ1) is 19.6. The Morgan fingerprint density at radius 1 is 1.17 bits per heavy atom. The number of aromatic amines is 1. The zero-order valence-corrected chi connectivity index (χ0v) is 17.7. The summed E-state index contributed by atoms with van der Waals surface area (Å²) in [5, 5.41) is 7.27. The van der Waals surface area contributed by atoms with Crippen molar-refractivity contribution < 1.29 is 4.79 Å².